The van der Waals surface area contributed by atoms with Crippen molar-refractivity contribution in [2.45, 2.75) is 0 Å². The van der Waals surface area contributed by atoms with Gasteiger partial charge in [-0.3, -0.25) is 4.79 Å². The summed E-state index contributed by atoms with van der Waals surface area (Å²) in [7, 11) is 1.24. The Bertz CT molecular complexity index is 1320. The molecule has 1 aromatic heterocycles. The zero-order chi connectivity index (χ0) is 21.4. The number of methoxy groups -OCH3 is 1. The smallest absolute Gasteiger partial charge is 0.363 e. The Kier molecular flexibility index (Phi) is 5.40. The lowest BCUT2D eigenvalue weighted by molar-refractivity contribution is -0.129. The molecule has 0 radical (unpaired) electrons. The van der Waals surface area contributed by atoms with Gasteiger partial charge in [0.05, 0.1) is 23.6 Å². The van der Waals surface area contributed by atoms with Crippen LogP contribution < -0.4 is 5.43 Å². The van der Waals surface area contributed by atoms with E-state index in [0.717, 1.165) is 0 Å². The van der Waals surface area contributed by atoms with Gasteiger partial charge in [-0.25, -0.2) is 14.6 Å². The minimum absolute atomic E-state index is 0.0399. The van der Waals surface area contributed by atoms with Gasteiger partial charge in [-0.2, -0.15) is 0 Å². The molecule has 2 heterocycles. The number of carbonyl (C=O) groups excluding carboxylic acids is 2. The Hall–Kier alpha value is -3.04. The number of halogens is 2. The van der Waals surface area contributed by atoms with Gasteiger partial charge in [0, 0.05) is 14.5 Å². The van der Waals surface area contributed by atoms with Crippen LogP contribution in [0.2, 0.25) is 0 Å². The third-order valence-electron chi connectivity index (χ3n) is 4.31. The lowest BCUT2D eigenvalue weighted by atomic mass is 10.1. The van der Waals surface area contributed by atoms with Crippen LogP contribution in [0, 0.1) is 0 Å². The first kappa shape index (κ1) is 20.2. The van der Waals surface area contributed by atoms with Crippen molar-refractivity contribution in [2.24, 2.45) is 4.99 Å². The van der Waals surface area contributed by atoms with E-state index < -0.39 is 17.4 Å². The van der Waals surface area contributed by atoms with Crippen LogP contribution in [0.5, 0.6) is 0 Å². The summed E-state index contributed by atoms with van der Waals surface area (Å²) in [5.74, 6) is -1.16. The maximum Gasteiger partial charge on any atom is 0.363 e. The van der Waals surface area contributed by atoms with Gasteiger partial charge in [0.25, 0.3) is 0 Å². The largest absolute Gasteiger partial charge is 0.465 e. The lowest BCUT2D eigenvalue weighted by Crippen LogP contribution is -2.11. The highest BCUT2D eigenvalue weighted by Crippen LogP contribution is 2.33. The number of esters is 2. The summed E-state index contributed by atoms with van der Waals surface area (Å²) in [6.07, 6.45) is 2.51. The van der Waals surface area contributed by atoms with Crippen molar-refractivity contribution in [1.29, 1.82) is 0 Å². The van der Waals surface area contributed by atoms with Crippen molar-refractivity contribution in [2.75, 3.05) is 7.11 Å². The highest BCUT2D eigenvalue weighted by Gasteiger charge is 2.25. The van der Waals surface area contributed by atoms with E-state index in [-0.39, 0.29) is 38.2 Å². The molecule has 4 rings (SSSR count). The van der Waals surface area contributed by atoms with Gasteiger partial charge in [0.1, 0.15) is 11.8 Å². The van der Waals surface area contributed by atoms with E-state index in [4.69, 9.17) is 13.9 Å². The number of fused-ring (bicyclic) bond motifs is 1. The Morgan fingerprint density at radius 2 is 1.90 bits per heavy atom. The average molecular weight is 533 g/mol. The summed E-state index contributed by atoms with van der Waals surface area (Å²) in [6, 6.07) is 10.4. The zero-order valence-corrected chi connectivity index (χ0v) is 18.4. The van der Waals surface area contributed by atoms with E-state index in [1.807, 2.05) is 6.07 Å². The molecule has 1 aliphatic rings. The molecule has 30 heavy (non-hydrogen) atoms. The number of cyclic esters (lactones) is 1. The molecule has 0 spiro atoms. The minimum Gasteiger partial charge on any atom is -0.465 e. The summed E-state index contributed by atoms with van der Waals surface area (Å²) in [5, 5.41) is 0.131. The third-order valence-corrected chi connectivity index (χ3v) is 5.73. The number of benzene rings is 2. The van der Waals surface area contributed by atoms with Crippen LogP contribution in [0.15, 0.2) is 71.5 Å². The van der Waals surface area contributed by atoms with E-state index in [1.54, 1.807) is 24.3 Å². The third kappa shape index (κ3) is 3.50. The molecule has 2 aromatic carbocycles. The standard InChI is InChI=1S/C21H11Br2NO6/c1-28-21(27)15-12(22)8-14-16(17(15)23)18(25)11(9-29-14)7-13-20(26)30-19(24-13)10-5-3-2-4-6-10/h2-9H,1H3/b13-7-. The van der Waals surface area contributed by atoms with Gasteiger partial charge >= 0.3 is 11.9 Å². The Morgan fingerprint density at radius 1 is 1.17 bits per heavy atom. The van der Waals surface area contributed by atoms with Crippen LogP contribution >= 0.6 is 31.9 Å². The lowest BCUT2D eigenvalue weighted by Gasteiger charge is -2.08. The maximum absolute atomic E-state index is 13.1. The molecule has 0 fully saturated rings. The predicted octanol–water partition coefficient (Wildman–Crippen LogP) is 4.45. The second-order valence-electron chi connectivity index (χ2n) is 6.13. The summed E-state index contributed by atoms with van der Waals surface area (Å²) in [6.45, 7) is 0. The SMILES string of the molecule is COC(=O)c1c(Br)cc2occ(/C=C3\N=C(c4ccccc4)OC3=O)c(=O)c2c1Br. The van der Waals surface area contributed by atoms with E-state index in [9.17, 15) is 14.4 Å². The van der Waals surface area contributed by atoms with Crippen molar-refractivity contribution in [1.82, 2.24) is 0 Å². The second-order valence-corrected chi connectivity index (χ2v) is 7.78. The Labute approximate surface area is 186 Å². The summed E-state index contributed by atoms with van der Waals surface area (Å²) in [4.78, 5) is 41.5. The fourth-order valence-corrected chi connectivity index (χ4v) is 4.46. The summed E-state index contributed by atoms with van der Waals surface area (Å²) < 4.78 is 16.1. The van der Waals surface area contributed by atoms with Gasteiger partial charge in [0.2, 0.25) is 11.3 Å². The molecule has 9 heteroatoms. The fourth-order valence-electron chi connectivity index (χ4n) is 2.88. The first-order chi connectivity index (χ1) is 14.4. The van der Waals surface area contributed by atoms with Crippen molar-refractivity contribution in [3.63, 3.8) is 0 Å². The molecule has 0 atom stereocenters. The van der Waals surface area contributed by atoms with Gasteiger partial charge in [-0.15, -0.1) is 0 Å². The van der Waals surface area contributed by atoms with Crippen molar-refractivity contribution in [3.8, 4) is 0 Å². The monoisotopic (exact) mass is 531 g/mol. The quantitative estimate of drug-likeness (QED) is 0.365. The normalized spacial score (nSPS) is 14.7. The van der Waals surface area contributed by atoms with E-state index in [0.29, 0.717) is 10.0 Å². The topological polar surface area (TPSA) is 95.2 Å². The summed E-state index contributed by atoms with van der Waals surface area (Å²) >= 11 is 6.57. The first-order valence-electron chi connectivity index (χ1n) is 8.50. The number of nitrogens with zero attached hydrogens (tertiary/aromatic N) is 1. The molecular formula is C21H11Br2NO6. The number of carbonyl (C=O) groups is 2. The van der Waals surface area contributed by atoms with Crippen LogP contribution in [0.25, 0.3) is 17.0 Å². The second kappa shape index (κ2) is 8.00. The zero-order valence-electron chi connectivity index (χ0n) is 15.3. The maximum atomic E-state index is 13.1. The van der Waals surface area contributed by atoms with Crippen LogP contribution in [-0.2, 0) is 14.3 Å². The molecule has 150 valence electrons. The Morgan fingerprint density at radius 3 is 2.60 bits per heavy atom. The molecule has 0 saturated heterocycles. The number of hydrogen-bond acceptors (Lipinski definition) is 7. The molecule has 0 N–H and O–H groups in total. The number of hydrogen-bond donors (Lipinski definition) is 0. The highest BCUT2D eigenvalue weighted by molar-refractivity contribution is 9.11. The van der Waals surface area contributed by atoms with Gasteiger partial charge in [-0.05, 0) is 56.1 Å². The number of rotatable bonds is 3. The molecule has 0 amide bonds. The minimum atomic E-state index is -0.682. The van der Waals surface area contributed by atoms with Crippen molar-refractivity contribution < 1.29 is 23.5 Å². The molecular weight excluding hydrogens is 522 g/mol. The van der Waals surface area contributed by atoms with Crippen molar-refractivity contribution in [3.05, 3.63) is 84.2 Å². The van der Waals surface area contributed by atoms with E-state index in [2.05, 4.69) is 36.9 Å². The molecule has 0 aliphatic carbocycles. The first-order valence-corrected chi connectivity index (χ1v) is 10.1. The molecule has 3 aromatic rings. The van der Waals surface area contributed by atoms with Crippen LogP contribution in [-0.4, -0.2) is 24.9 Å². The number of aliphatic imine (C=N–C) groups is 1. The van der Waals surface area contributed by atoms with E-state index in [1.165, 1.54) is 25.5 Å². The van der Waals surface area contributed by atoms with Crippen molar-refractivity contribution >= 4 is 66.7 Å². The van der Waals surface area contributed by atoms with Crippen LogP contribution in [0.4, 0.5) is 0 Å². The highest BCUT2D eigenvalue weighted by atomic mass is 79.9. The average Bonchev–Trinajstić information content (AvgIpc) is 3.10. The van der Waals surface area contributed by atoms with E-state index >= 15 is 0 Å². The predicted molar refractivity (Wildman–Crippen MR) is 116 cm³/mol. The van der Waals surface area contributed by atoms with Crippen LogP contribution in [0.1, 0.15) is 21.5 Å². The molecule has 7 nitrogen and oxygen atoms in total. The fraction of sp³-hybridized carbons (Fsp3) is 0.0476. The van der Waals surface area contributed by atoms with Gasteiger partial charge < -0.3 is 13.9 Å². The summed E-state index contributed by atoms with van der Waals surface area (Å²) in [5.41, 5.74) is 0.607. The molecule has 0 saturated carbocycles. The van der Waals surface area contributed by atoms with Gasteiger partial charge in [0.15, 0.2) is 5.70 Å². The molecule has 0 bridgehead atoms. The Balaban J connectivity index is 1.85. The van der Waals surface area contributed by atoms with Gasteiger partial charge in [-0.1, -0.05) is 18.2 Å². The molecule has 0 unspecified atom stereocenters. The molecule has 1 aliphatic heterocycles. The van der Waals surface area contributed by atoms with Crippen LogP contribution in [0.3, 0.4) is 0 Å². The number of ether oxygens (including phenoxy) is 2.